The van der Waals surface area contributed by atoms with Crippen molar-refractivity contribution < 1.29 is 4.79 Å². The Morgan fingerprint density at radius 2 is 1.88 bits per heavy atom. The number of carbonyl (C=O) groups is 1. The van der Waals surface area contributed by atoms with Gasteiger partial charge in [-0.25, -0.2) is 4.98 Å². The monoisotopic (exact) mass is 352 g/mol. The first-order valence-electron chi connectivity index (χ1n) is 9.50. The van der Waals surface area contributed by atoms with Gasteiger partial charge in [0.25, 0.3) is 5.91 Å². The van der Waals surface area contributed by atoms with E-state index in [0.29, 0.717) is 5.56 Å². The number of carbonyl (C=O) groups excluding carboxylic acids is 1. The Bertz CT molecular complexity index is 764. The quantitative estimate of drug-likeness (QED) is 0.851. The van der Waals surface area contributed by atoms with Crippen LogP contribution in [0.2, 0.25) is 0 Å². The van der Waals surface area contributed by atoms with Gasteiger partial charge in [-0.15, -0.1) is 0 Å². The fourth-order valence-electron chi connectivity index (χ4n) is 3.45. The Hall–Kier alpha value is -2.56. The van der Waals surface area contributed by atoms with Crippen molar-refractivity contribution in [2.24, 2.45) is 0 Å². The van der Waals surface area contributed by atoms with Gasteiger partial charge in [0.1, 0.15) is 5.82 Å². The highest BCUT2D eigenvalue weighted by Gasteiger charge is 2.16. The summed E-state index contributed by atoms with van der Waals surface area (Å²) in [4.78, 5) is 21.6. The molecule has 0 radical (unpaired) electrons. The van der Waals surface area contributed by atoms with Crippen LogP contribution in [-0.2, 0) is 0 Å². The van der Waals surface area contributed by atoms with Crippen LogP contribution in [0.25, 0.3) is 0 Å². The maximum absolute atomic E-state index is 12.7. The lowest BCUT2D eigenvalue weighted by Gasteiger charge is -2.22. The first-order chi connectivity index (χ1) is 12.6. The van der Waals surface area contributed by atoms with Crippen molar-refractivity contribution >= 4 is 23.1 Å². The van der Waals surface area contributed by atoms with E-state index in [0.717, 1.165) is 43.2 Å². The normalized spacial score (nSPS) is 13.7. The molecular formula is C21H28N4O. The van der Waals surface area contributed by atoms with E-state index in [1.165, 1.54) is 18.5 Å². The third-order valence-electron chi connectivity index (χ3n) is 5.02. The van der Waals surface area contributed by atoms with Crippen molar-refractivity contribution in [2.45, 2.75) is 33.6 Å². The molecule has 0 unspecified atom stereocenters. The van der Waals surface area contributed by atoms with Crippen molar-refractivity contribution in [3.63, 3.8) is 0 Å². The van der Waals surface area contributed by atoms with E-state index < -0.39 is 0 Å². The van der Waals surface area contributed by atoms with Crippen molar-refractivity contribution in [2.75, 3.05) is 41.3 Å². The number of hydrogen-bond donors (Lipinski definition) is 1. The number of anilines is 3. The minimum Gasteiger partial charge on any atom is -0.372 e. The molecule has 1 aliphatic heterocycles. The molecule has 0 atom stereocenters. The molecule has 1 amide bonds. The van der Waals surface area contributed by atoms with Crippen LogP contribution in [0.5, 0.6) is 0 Å². The fourth-order valence-corrected chi connectivity index (χ4v) is 3.45. The summed E-state index contributed by atoms with van der Waals surface area (Å²) in [6.07, 6.45) is 4.10. The molecule has 1 aromatic carbocycles. The SMILES string of the molecule is CCN(CC)c1ccc(NC(=O)c2ccnc(N3CCCC3)c2)c(C)c1. The van der Waals surface area contributed by atoms with Crippen LogP contribution in [0, 0.1) is 6.92 Å². The molecule has 0 spiro atoms. The second-order valence-electron chi connectivity index (χ2n) is 6.72. The predicted octanol–water partition coefficient (Wildman–Crippen LogP) is 4.09. The lowest BCUT2D eigenvalue weighted by molar-refractivity contribution is 0.102. The number of nitrogens with one attached hydrogen (secondary N) is 1. The molecule has 5 heteroatoms. The van der Waals surface area contributed by atoms with Crippen LogP contribution in [0.15, 0.2) is 36.5 Å². The Balaban J connectivity index is 1.74. The molecule has 0 saturated carbocycles. The number of rotatable bonds is 6. The van der Waals surface area contributed by atoms with Gasteiger partial charge in [0.15, 0.2) is 0 Å². The van der Waals surface area contributed by atoms with Crippen LogP contribution >= 0.6 is 0 Å². The van der Waals surface area contributed by atoms with E-state index in [2.05, 4.69) is 46.1 Å². The summed E-state index contributed by atoms with van der Waals surface area (Å²) in [5.74, 6) is 0.801. The van der Waals surface area contributed by atoms with Crippen LogP contribution < -0.4 is 15.1 Å². The van der Waals surface area contributed by atoms with Crippen LogP contribution in [0.3, 0.4) is 0 Å². The molecule has 26 heavy (non-hydrogen) atoms. The van der Waals surface area contributed by atoms with Crippen molar-refractivity contribution in [3.05, 3.63) is 47.7 Å². The van der Waals surface area contributed by atoms with Crippen molar-refractivity contribution in [1.29, 1.82) is 0 Å². The van der Waals surface area contributed by atoms with Gasteiger partial charge >= 0.3 is 0 Å². The zero-order valence-electron chi connectivity index (χ0n) is 16.0. The molecule has 2 aromatic rings. The average Bonchev–Trinajstić information content (AvgIpc) is 3.20. The first-order valence-corrected chi connectivity index (χ1v) is 9.50. The second-order valence-corrected chi connectivity index (χ2v) is 6.72. The maximum Gasteiger partial charge on any atom is 0.255 e. The molecule has 2 heterocycles. The highest BCUT2D eigenvalue weighted by atomic mass is 16.1. The van der Waals surface area contributed by atoms with Crippen LogP contribution in [0.1, 0.15) is 42.6 Å². The van der Waals surface area contributed by atoms with Crippen LogP contribution in [-0.4, -0.2) is 37.1 Å². The van der Waals surface area contributed by atoms with Gasteiger partial charge in [0.2, 0.25) is 0 Å². The summed E-state index contributed by atoms with van der Waals surface area (Å²) in [5.41, 5.74) is 3.75. The van der Waals surface area contributed by atoms with E-state index in [4.69, 9.17) is 0 Å². The summed E-state index contributed by atoms with van der Waals surface area (Å²) < 4.78 is 0. The fraction of sp³-hybridized carbons (Fsp3) is 0.429. The molecule has 0 aliphatic carbocycles. The molecule has 0 bridgehead atoms. The summed E-state index contributed by atoms with van der Waals surface area (Å²) in [6, 6.07) is 9.85. The summed E-state index contributed by atoms with van der Waals surface area (Å²) >= 11 is 0. The Morgan fingerprint density at radius 3 is 2.54 bits per heavy atom. The number of pyridine rings is 1. The van der Waals surface area contributed by atoms with Gasteiger partial charge in [-0.1, -0.05) is 0 Å². The lowest BCUT2D eigenvalue weighted by atomic mass is 10.1. The Morgan fingerprint density at radius 1 is 1.15 bits per heavy atom. The van der Waals surface area contributed by atoms with E-state index in [1.54, 1.807) is 12.3 Å². The van der Waals surface area contributed by atoms with Gasteiger partial charge in [0, 0.05) is 49.3 Å². The van der Waals surface area contributed by atoms with Crippen molar-refractivity contribution in [3.8, 4) is 0 Å². The van der Waals surface area contributed by atoms with Gasteiger partial charge in [-0.2, -0.15) is 0 Å². The second kappa shape index (κ2) is 8.21. The lowest BCUT2D eigenvalue weighted by Crippen LogP contribution is -2.22. The van der Waals surface area contributed by atoms with E-state index in [9.17, 15) is 4.79 Å². The Kier molecular flexibility index (Phi) is 5.76. The standard InChI is InChI=1S/C21H28N4O/c1-4-24(5-2)18-8-9-19(16(3)14-18)23-21(26)17-10-11-22-20(15-17)25-12-6-7-13-25/h8-11,14-15H,4-7,12-13H2,1-3H3,(H,23,26). The molecule has 1 aliphatic rings. The van der Waals surface area contributed by atoms with Gasteiger partial charge in [-0.05, 0) is 69.5 Å². The molecule has 3 rings (SSSR count). The van der Waals surface area contributed by atoms with E-state index in [1.807, 2.05) is 19.1 Å². The number of aromatic nitrogens is 1. The minimum atomic E-state index is -0.0912. The number of hydrogen-bond acceptors (Lipinski definition) is 4. The Labute approximate surface area is 156 Å². The molecular weight excluding hydrogens is 324 g/mol. The molecule has 138 valence electrons. The van der Waals surface area contributed by atoms with Crippen molar-refractivity contribution in [1.82, 2.24) is 4.98 Å². The molecule has 5 nitrogen and oxygen atoms in total. The molecule has 1 saturated heterocycles. The van der Waals surface area contributed by atoms with Gasteiger partial charge in [0.05, 0.1) is 0 Å². The van der Waals surface area contributed by atoms with E-state index >= 15 is 0 Å². The van der Waals surface area contributed by atoms with Gasteiger partial charge < -0.3 is 15.1 Å². The largest absolute Gasteiger partial charge is 0.372 e. The third-order valence-corrected chi connectivity index (χ3v) is 5.02. The zero-order chi connectivity index (χ0) is 18.5. The summed E-state index contributed by atoms with van der Waals surface area (Å²) in [7, 11) is 0. The predicted molar refractivity (Wildman–Crippen MR) is 108 cm³/mol. The van der Waals surface area contributed by atoms with Gasteiger partial charge in [-0.3, -0.25) is 4.79 Å². The van der Waals surface area contributed by atoms with Crippen LogP contribution in [0.4, 0.5) is 17.2 Å². The number of benzene rings is 1. The number of nitrogens with zero attached hydrogens (tertiary/aromatic N) is 3. The maximum atomic E-state index is 12.7. The topological polar surface area (TPSA) is 48.5 Å². The first kappa shape index (κ1) is 18.2. The zero-order valence-corrected chi connectivity index (χ0v) is 16.0. The molecule has 1 fully saturated rings. The third kappa shape index (κ3) is 3.98. The smallest absolute Gasteiger partial charge is 0.255 e. The highest BCUT2D eigenvalue weighted by Crippen LogP contribution is 2.24. The summed E-state index contributed by atoms with van der Waals surface area (Å²) in [5, 5.41) is 3.04. The number of aryl methyl sites for hydroxylation is 1. The summed E-state index contributed by atoms with van der Waals surface area (Å²) in [6.45, 7) is 10.3. The molecule has 1 N–H and O–H groups in total. The minimum absolute atomic E-state index is 0.0912. The molecule has 1 aromatic heterocycles. The average molecular weight is 352 g/mol. The number of amides is 1. The van der Waals surface area contributed by atoms with E-state index in [-0.39, 0.29) is 5.91 Å². The highest BCUT2D eigenvalue weighted by molar-refractivity contribution is 6.05.